The summed E-state index contributed by atoms with van der Waals surface area (Å²) in [5.74, 6) is 0. The van der Waals surface area contributed by atoms with Crippen molar-refractivity contribution in [1.82, 2.24) is 4.72 Å². The largest absolute Gasteiger partial charge is 0.388 e. The number of hydrogen-bond donors (Lipinski definition) is 2. The summed E-state index contributed by atoms with van der Waals surface area (Å²) >= 11 is 0. The molecule has 27 heavy (non-hydrogen) atoms. The van der Waals surface area contributed by atoms with Gasteiger partial charge in [0.05, 0.1) is 11.0 Å². The van der Waals surface area contributed by atoms with E-state index >= 15 is 0 Å². The molecule has 0 bridgehead atoms. The van der Waals surface area contributed by atoms with Crippen LogP contribution in [0.3, 0.4) is 0 Å². The summed E-state index contributed by atoms with van der Waals surface area (Å²) in [5, 5.41) is 10.6. The number of aliphatic hydroxyl groups is 1. The molecule has 0 aliphatic carbocycles. The highest BCUT2D eigenvalue weighted by molar-refractivity contribution is 7.89. The average molecular weight is 381 g/mol. The van der Waals surface area contributed by atoms with E-state index in [1.165, 1.54) is 0 Å². The molecule has 0 unspecified atom stereocenters. The van der Waals surface area contributed by atoms with Gasteiger partial charge in [0.25, 0.3) is 0 Å². The van der Waals surface area contributed by atoms with Gasteiger partial charge < -0.3 is 5.11 Å². The molecule has 3 aromatic rings. The van der Waals surface area contributed by atoms with Crippen LogP contribution in [0.2, 0.25) is 0 Å². The first kappa shape index (κ1) is 19.3. The Morgan fingerprint density at radius 1 is 0.815 bits per heavy atom. The lowest BCUT2D eigenvalue weighted by molar-refractivity contribution is 0.155. The molecular weight excluding hydrogens is 358 g/mol. The van der Waals surface area contributed by atoms with Crippen LogP contribution in [0.25, 0.3) is 0 Å². The lowest BCUT2D eigenvalue weighted by Gasteiger charge is -2.22. The van der Waals surface area contributed by atoms with Gasteiger partial charge in [0.2, 0.25) is 10.0 Å². The minimum Gasteiger partial charge on any atom is -0.388 e. The van der Waals surface area contributed by atoms with E-state index < -0.39 is 22.2 Å². The topological polar surface area (TPSA) is 66.4 Å². The molecule has 0 heterocycles. The number of hydrogen-bond acceptors (Lipinski definition) is 3. The number of rotatable bonds is 7. The van der Waals surface area contributed by atoms with Gasteiger partial charge in [-0.1, -0.05) is 78.4 Å². The Morgan fingerprint density at radius 2 is 1.33 bits per heavy atom. The van der Waals surface area contributed by atoms with Gasteiger partial charge in [-0.15, -0.1) is 0 Å². The van der Waals surface area contributed by atoms with Gasteiger partial charge >= 0.3 is 0 Å². The molecule has 0 saturated carbocycles. The molecule has 140 valence electrons. The van der Waals surface area contributed by atoms with Crippen molar-refractivity contribution in [3.63, 3.8) is 0 Å². The summed E-state index contributed by atoms with van der Waals surface area (Å²) < 4.78 is 28.5. The van der Waals surface area contributed by atoms with Gasteiger partial charge in [-0.25, -0.2) is 13.1 Å². The number of benzene rings is 3. The van der Waals surface area contributed by atoms with Crippen molar-refractivity contribution in [2.75, 3.05) is 0 Å². The summed E-state index contributed by atoms with van der Waals surface area (Å²) in [6.07, 6.45) is -0.545. The molecule has 2 N–H and O–H groups in total. The molecule has 0 aliphatic rings. The zero-order chi connectivity index (χ0) is 19.3. The predicted molar refractivity (Wildman–Crippen MR) is 107 cm³/mol. The fourth-order valence-electron chi connectivity index (χ4n) is 2.94. The van der Waals surface area contributed by atoms with E-state index in [0.717, 1.165) is 16.7 Å². The van der Waals surface area contributed by atoms with Gasteiger partial charge in [-0.2, -0.15) is 0 Å². The van der Waals surface area contributed by atoms with Crippen LogP contribution in [0, 0.1) is 6.92 Å². The van der Waals surface area contributed by atoms with E-state index in [4.69, 9.17) is 0 Å². The van der Waals surface area contributed by atoms with Gasteiger partial charge in [0.1, 0.15) is 0 Å². The highest BCUT2D eigenvalue weighted by Crippen LogP contribution is 2.28. The van der Waals surface area contributed by atoms with E-state index in [0.29, 0.717) is 0 Å². The fourth-order valence-corrected chi connectivity index (χ4v) is 4.18. The Bertz CT molecular complexity index is 955. The minimum atomic E-state index is -3.71. The monoisotopic (exact) mass is 381 g/mol. The van der Waals surface area contributed by atoms with Crippen LogP contribution in [0.15, 0.2) is 89.8 Å². The van der Waals surface area contributed by atoms with E-state index in [1.54, 1.807) is 24.3 Å². The molecule has 3 rings (SSSR count). The Hall–Kier alpha value is -2.47. The smallest absolute Gasteiger partial charge is 0.241 e. The number of aliphatic hydroxyl groups excluding tert-OH is 1. The summed E-state index contributed by atoms with van der Waals surface area (Å²) in [7, 11) is -3.71. The molecule has 3 aromatic carbocycles. The third kappa shape index (κ3) is 5.04. The van der Waals surface area contributed by atoms with Crippen molar-refractivity contribution in [2.45, 2.75) is 30.4 Å². The predicted octanol–water partition coefficient (Wildman–Crippen LogP) is 4.14. The molecule has 0 fully saturated rings. The third-order valence-electron chi connectivity index (χ3n) is 4.47. The summed E-state index contributed by atoms with van der Waals surface area (Å²) in [5.41, 5.74) is 2.56. The summed E-state index contributed by atoms with van der Waals surface area (Å²) in [6, 6.07) is 24.7. The quantitative estimate of drug-likeness (QED) is 0.646. The Kier molecular flexibility index (Phi) is 6.06. The van der Waals surface area contributed by atoms with Crippen molar-refractivity contribution < 1.29 is 13.5 Å². The van der Waals surface area contributed by atoms with Crippen LogP contribution < -0.4 is 4.72 Å². The van der Waals surface area contributed by atoms with Crippen molar-refractivity contribution in [3.8, 4) is 0 Å². The van der Waals surface area contributed by atoms with Gasteiger partial charge in [-0.3, -0.25) is 0 Å². The van der Waals surface area contributed by atoms with Crippen molar-refractivity contribution >= 4 is 10.0 Å². The fraction of sp³-hybridized carbons (Fsp3) is 0.182. The zero-order valence-electron chi connectivity index (χ0n) is 15.1. The van der Waals surface area contributed by atoms with Gasteiger partial charge in [0.15, 0.2) is 0 Å². The average Bonchev–Trinajstić information content (AvgIpc) is 2.69. The first-order valence-electron chi connectivity index (χ1n) is 8.83. The first-order chi connectivity index (χ1) is 13.0. The normalized spacial score (nSPS) is 13.9. The third-order valence-corrected chi connectivity index (χ3v) is 5.96. The summed E-state index contributed by atoms with van der Waals surface area (Å²) in [6.45, 7) is 1.91. The van der Waals surface area contributed by atoms with E-state index in [9.17, 15) is 13.5 Å². The lowest BCUT2D eigenvalue weighted by Crippen LogP contribution is -2.30. The van der Waals surface area contributed by atoms with Crippen molar-refractivity contribution in [2.24, 2.45) is 0 Å². The van der Waals surface area contributed by atoms with Crippen LogP contribution in [0.1, 0.15) is 35.3 Å². The Labute approximate surface area is 160 Å². The van der Waals surface area contributed by atoms with Crippen molar-refractivity contribution in [3.05, 3.63) is 102 Å². The maximum absolute atomic E-state index is 12.9. The molecule has 0 saturated heterocycles. The van der Waals surface area contributed by atoms with Gasteiger partial charge in [-0.05, 0) is 36.6 Å². The molecule has 0 aromatic heterocycles. The Morgan fingerprint density at radius 3 is 1.89 bits per heavy atom. The second-order valence-corrected chi connectivity index (χ2v) is 8.27. The van der Waals surface area contributed by atoms with Gasteiger partial charge in [0, 0.05) is 6.04 Å². The van der Waals surface area contributed by atoms with Crippen LogP contribution in [0.4, 0.5) is 0 Å². The molecule has 0 amide bonds. The number of aryl methyl sites for hydroxylation is 1. The first-order valence-corrected chi connectivity index (χ1v) is 10.3. The van der Waals surface area contributed by atoms with E-state index in [-0.39, 0.29) is 11.3 Å². The number of sulfonamides is 1. The molecule has 0 spiro atoms. The number of nitrogens with one attached hydrogen (secondary N) is 1. The van der Waals surface area contributed by atoms with Crippen LogP contribution in [0.5, 0.6) is 0 Å². The maximum atomic E-state index is 12.9. The molecule has 0 aliphatic heterocycles. The molecule has 5 heteroatoms. The lowest BCUT2D eigenvalue weighted by atomic mass is 9.97. The maximum Gasteiger partial charge on any atom is 0.241 e. The van der Waals surface area contributed by atoms with Crippen LogP contribution in [-0.2, 0) is 10.0 Å². The van der Waals surface area contributed by atoms with E-state index in [1.807, 2.05) is 67.6 Å². The molecular formula is C22H23NO3S. The van der Waals surface area contributed by atoms with E-state index in [2.05, 4.69) is 4.72 Å². The second-order valence-electron chi connectivity index (χ2n) is 6.56. The standard InChI is InChI=1S/C22H23NO3S/c1-17-12-14-20(15-13-17)27(25,26)23-21(18-8-4-2-5-9-18)16-22(24)19-10-6-3-7-11-19/h2-15,21-24H,16H2,1H3/t21-,22-/m0/s1. The summed E-state index contributed by atoms with van der Waals surface area (Å²) in [4.78, 5) is 0.211. The minimum absolute atomic E-state index is 0.211. The second kappa shape index (κ2) is 8.48. The van der Waals surface area contributed by atoms with Crippen LogP contribution >= 0.6 is 0 Å². The molecule has 0 radical (unpaired) electrons. The van der Waals surface area contributed by atoms with Crippen molar-refractivity contribution in [1.29, 1.82) is 0 Å². The molecule has 2 atom stereocenters. The SMILES string of the molecule is Cc1ccc(S(=O)(=O)N[C@@H](C[C@H](O)c2ccccc2)c2ccccc2)cc1. The Balaban J connectivity index is 1.87. The van der Waals surface area contributed by atoms with Crippen LogP contribution in [-0.4, -0.2) is 13.5 Å². The zero-order valence-corrected chi connectivity index (χ0v) is 15.9. The highest BCUT2D eigenvalue weighted by Gasteiger charge is 2.24. The molecule has 4 nitrogen and oxygen atoms in total. The highest BCUT2D eigenvalue weighted by atomic mass is 32.2.